The number of hydrogen-bond acceptors (Lipinski definition) is 3. The van der Waals surface area contributed by atoms with Crippen molar-refractivity contribution in [3.63, 3.8) is 0 Å². The lowest BCUT2D eigenvalue weighted by Gasteiger charge is -2.24. The van der Waals surface area contributed by atoms with Crippen LogP contribution in [0.4, 0.5) is 5.82 Å². The van der Waals surface area contributed by atoms with E-state index in [9.17, 15) is 0 Å². The summed E-state index contributed by atoms with van der Waals surface area (Å²) in [4.78, 5) is 7.25. The van der Waals surface area contributed by atoms with Crippen LogP contribution in [-0.4, -0.2) is 25.1 Å². The molecule has 0 radical (unpaired) electrons. The lowest BCUT2D eigenvalue weighted by molar-refractivity contribution is 0.340. The topological polar surface area (TPSA) is 28.2 Å². The fraction of sp³-hybridized carbons (Fsp3) is 0.667. The summed E-state index contributed by atoms with van der Waals surface area (Å²) in [5, 5.41) is 3.17. The predicted molar refractivity (Wildman–Crippen MR) is 74.7 cm³/mol. The van der Waals surface area contributed by atoms with Crippen molar-refractivity contribution in [1.82, 2.24) is 10.3 Å². The van der Waals surface area contributed by atoms with Crippen LogP contribution >= 0.6 is 0 Å². The number of nitrogens with zero attached hydrogens (tertiary/aromatic N) is 2. The second kappa shape index (κ2) is 4.88. The van der Waals surface area contributed by atoms with Crippen molar-refractivity contribution < 1.29 is 0 Å². The smallest absolute Gasteiger partial charge is 0.128 e. The summed E-state index contributed by atoms with van der Waals surface area (Å²) in [6, 6.07) is 6.39. The lowest BCUT2D eigenvalue weighted by Crippen LogP contribution is -2.25. The van der Waals surface area contributed by atoms with Gasteiger partial charge in [-0.2, -0.15) is 0 Å². The molecule has 0 unspecified atom stereocenters. The summed E-state index contributed by atoms with van der Waals surface area (Å²) in [6.07, 6.45) is 7.09. The van der Waals surface area contributed by atoms with E-state index in [4.69, 9.17) is 4.98 Å². The third-order valence-electron chi connectivity index (χ3n) is 4.58. The summed E-state index contributed by atoms with van der Waals surface area (Å²) < 4.78 is 0. The molecule has 1 aliphatic carbocycles. The standard InChI is InChI=1S/C15H23N3/c1-16-11-13-5-4-6-14(17-13)18-10-9-15(12-18)7-2-3-8-15/h4-6,16H,2-3,7-12H2,1H3. The molecule has 3 heteroatoms. The van der Waals surface area contributed by atoms with Gasteiger partial charge in [0.25, 0.3) is 0 Å². The third-order valence-corrected chi connectivity index (χ3v) is 4.58. The van der Waals surface area contributed by atoms with E-state index in [2.05, 4.69) is 28.4 Å². The Hall–Kier alpha value is -1.09. The quantitative estimate of drug-likeness (QED) is 0.887. The molecular weight excluding hydrogens is 222 g/mol. The molecule has 98 valence electrons. The molecular formula is C15H23N3. The first kappa shape index (κ1) is 12.0. The molecule has 2 heterocycles. The van der Waals surface area contributed by atoms with Gasteiger partial charge in [-0.25, -0.2) is 4.98 Å². The minimum absolute atomic E-state index is 0.626. The van der Waals surface area contributed by atoms with Gasteiger partial charge in [0.05, 0.1) is 5.69 Å². The van der Waals surface area contributed by atoms with Crippen molar-refractivity contribution in [1.29, 1.82) is 0 Å². The van der Waals surface area contributed by atoms with E-state index in [1.165, 1.54) is 51.0 Å². The highest BCUT2D eigenvalue weighted by molar-refractivity contribution is 5.41. The van der Waals surface area contributed by atoms with Crippen molar-refractivity contribution in [3.8, 4) is 0 Å². The highest BCUT2D eigenvalue weighted by Gasteiger charge is 2.40. The zero-order valence-corrected chi connectivity index (χ0v) is 11.3. The minimum Gasteiger partial charge on any atom is -0.356 e. The summed E-state index contributed by atoms with van der Waals surface area (Å²) in [5.41, 5.74) is 1.77. The maximum absolute atomic E-state index is 4.76. The Labute approximate surface area is 110 Å². The summed E-state index contributed by atoms with van der Waals surface area (Å²) >= 11 is 0. The highest BCUT2D eigenvalue weighted by atomic mass is 15.2. The van der Waals surface area contributed by atoms with Crippen LogP contribution < -0.4 is 10.2 Å². The second-order valence-electron chi connectivity index (χ2n) is 5.90. The Morgan fingerprint density at radius 1 is 1.28 bits per heavy atom. The van der Waals surface area contributed by atoms with Crippen LogP contribution in [0.1, 0.15) is 37.8 Å². The molecule has 2 aliphatic rings. The molecule has 1 spiro atoms. The molecule has 0 aromatic carbocycles. The van der Waals surface area contributed by atoms with Gasteiger partial charge in [-0.1, -0.05) is 18.9 Å². The van der Waals surface area contributed by atoms with Gasteiger partial charge in [0.15, 0.2) is 0 Å². The maximum Gasteiger partial charge on any atom is 0.128 e. The zero-order chi connectivity index (χ0) is 12.4. The normalized spacial score (nSPS) is 21.9. The first-order valence-electron chi connectivity index (χ1n) is 7.17. The largest absolute Gasteiger partial charge is 0.356 e. The zero-order valence-electron chi connectivity index (χ0n) is 11.3. The fourth-order valence-electron chi connectivity index (χ4n) is 3.59. The third kappa shape index (κ3) is 2.24. The van der Waals surface area contributed by atoms with E-state index in [0.29, 0.717) is 5.41 Å². The van der Waals surface area contributed by atoms with Crippen LogP contribution in [-0.2, 0) is 6.54 Å². The van der Waals surface area contributed by atoms with Gasteiger partial charge in [-0.3, -0.25) is 0 Å². The van der Waals surface area contributed by atoms with Gasteiger partial charge in [-0.05, 0) is 43.9 Å². The van der Waals surface area contributed by atoms with E-state index in [1.807, 2.05) is 7.05 Å². The van der Waals surface area contributed by atoms with Crippen LogP contribution in [0.5, 0.6) is 0 Å². The van der Waals surface area contributed by atoms with Gasteiger partial charge in [0.1, 0.15) is 5.82 Å². The van der Waals surface area contributed by atoms with Gasteiger partial charge in [0.2, 0.25) is 0 Å². The molecule has 1 saturated heterocycles. The number of nitrogens with one attached hydrogen (secondary N) is 1. The highest BCUT2D eigenvalue weighted by Crippen LogP contribution is 2.45. The molecule has 2 fully saturated rings. The van der Waals surface area contributed by atoms with E-state index in [1.54, 1.807) is 0 Å². The summed E-state index contributed by atoms with van der Waals surface area (Å²) in [7, 11) is 1.97. The molecule has 18 heavy (non-hydrogen) atoms. The van der Waals surface area contributed by atoms with Crippen LogP contribution in [0.2, 0.25) is 0 Å². The average Bonchev–Trinajstić information content (AvgIpc) is 3.01. The number of anilines is 1. The Morgan fingerprint density at radius 3 is 2.89 bits per heavy atom. The first-order valence-corrected chi connectivity index (χ1v) is 7.17. The molecule has 0 atom stereocenters. The molecule has 1 aliphatic heterocycles. The van der Waals surface area contributed by atoms with Gasteiger partial charge in [-0.15, -0.1) is 0 Å². The molecule has 1 saturated carbocycles. The fourth-order valence-corrected chi connectivity index (χ4v) is 3.59. The van der Waals surface area contributed by atoms with Crippen molar-refractivity contribution in [2.24, 2.45) is 5.41 Å². The molecule has 0 amide bonds. The van der Waals surface area contributed by atoms with Crippen LogP contribution in [0.15, 0.2) is 18.2 Å². The second-order valence-corrected chi connectivity index (χ2v) is 5.90. The molecule has 0 bridgehead atoms. The number of hydrogen-bond donors (Lipinski definition) is 1. The summed E-state index contributed by atoms with van der Waals surface area (Å²) in [5.74, 6) is 1.17. The molecule has 1 aromatic heterocycles. The van der Waals surface area contributed by atoms with Gasteiger partial charge in [0, 0.05) is 19.6 Å². The Bertz CT molecular complexity index is 410. The summed E-state index contributed by atoms with van der Waals surface area (Å²) in [6.45, 7) is 3.27. The van der Waals surface area contributed by atoms with E-state index < -0.39 is 0 Å². The average molecular weight is 245 g/mol. The van der Waals surface area contributed by atoms with Crippen LogP contribution in [0.25, 0.3) is 0 Å². The monoisotopic (exact) mass is 245 g/mol. The van der Waals surface area contributed by atoms with E-state index >= 15 is 0 Å². The van der Waals surface area contributed by atoms with Crippen LogP contribution in [0.3, 0.4) is 0 Å². The SMILES string of the molecule is CNCc1cccc(N2CCC3(CCCC3)C2)n1. The Balaban J connectivity index is 1.73. The number of rotatable bonds is 3. The van der Waals surface area contributed by atoms with Gasteiger partial charge < -0.3 is 10.2 Å². The van der Waals surface area contributed by atoms with Crippen LogP contribution in [0, 0.1) is 5.41 Å². The predicted octanol–water partition coefficient (Wildman–Crippen LogP) is 2.57. The van der Waals surface area contributed by atoms with Crippen molar-refractivity contribution >= 4 is 5.82 Å². The van der Waals surface area contributed by atoms with Crippen molar-refractivity contribution in [3.05, 3.63) is 23.9 Å². The van der Waals surface area contributed by atoms with E-state index in [0.717, 1.165) is 12.2 Å². The Kier molecular flexibility index (Phi) is 3.25. The number of aromatic nitrogens is 1. The molecule has 3 rings (SSSR count). The molecule has 1 N–H and O–H groups in total. The lowest BCUT2D eigenvalue weighted by atomic mass is 9.86. The Morgan fingerprint density at radius 2 is 2.11 bits per heavy atom. The number of pyridine rings is 1. The minimum atomic E-state index is 0.626. The molecule has 3 nitrogen and oxygen atoms in total. The van der Waals surface area contributed by atoms with Crippen molar-refractivity contribution in [2.45, 2.75) is 38.6 Å². The molecule has 1 aromatic rings. The first-order chi connectivity index (χ1) is 8.81. The van der Waals surface area contributed by atoms with Crippen molar-refractivity contribution in [2.75, 3.05) is 25.0 Å². The van der Waals surface area contributed by atoms with Gasteiger partial charge >= 0.3 is 0 Å². The maximum atomic E-state index is 4.76. The van der Waals surface area contributed by atoms with E-state index in [-0.39, 0.29) is 0 Å².